The lowest BCUT2D eigenvalue weighted by Crippen LogP contribution is -2.41. The van der Waals surface area contributed by atoms with Crippen molar-refractivity contribution in [1.29, 1.82) is 0 Å². The molecule has 0 N–H and O–H groups in total. The number of anilines is 1. The average molecular weight is 411 g/mol. The molecule has 2 heterocycles. The second kappa shape index (κ2) is 5.02. The van der Waals surface area contributed by atoms with E-state index in [4.69, 9.17) is 10.3 Å². The lowest BCUT2D eigenvalue weighted by atomic mass is 9.77. The maximum absolute atomic E-state index is 13.2. The molecule has 6 nitrogen and oxygen atoms in total. The van der Waals surface area contributed by atoms with Crippen molar-refractivity contribution >= 4 is 33.3 Å². The predicted octanol–water partition coefficient (Wildman–Crippen LogP) is 4.35. The zero-order chi connectivity index (χ0) is 18.1. The molecule has 2 aromatic rings. The molecule has 1 saturated carbocycles. The molecule has 5 rings (SSSR count). The molecule has 0 aromatic heterocycles. The fourth-order valence-corrected chi connectivity index (χ4v) is 6.18. The maximum Gasteiger partial charge on any atom is 0.319 e. The Morgan fingerprint density at radius 3 is 2.92 bits per heavy atom. The Hall–Kier alpha value is -2.50. The van der Waals surface area contributed by atoms with Crippen molar-refractivity contribution in [3.8, 4) is 0 Å². The highest BCUT2D eigenvalue weighted by Gasteiger charge is 2.88. The third-order valence-electron chi connectivity index (χ3n) is 6.24. The van der Waals surface area contributed by atoms with Gasteiger partial charge in [0.25, 0.3) is 0 Å². The zero-order valence-corrected chi connectivity index (χ0v) is 15.6. The highest BCUT2D eigenvalue weighted by atomic mass is 79.9. The van der Waals surface area contributed by atoms with Crippen LogP contribution in [0.15, 0.2) is 52.1 Å². The number of likely N-dealkylation sites (N-methyl/N-ethyl adjacent to an activating group) is 1. The summed E-state index contributed by atoms with van der Waals surface area (Å²) in [6.45, 7) is 0.398. The molecule has 0 amide bonds. The summed E-state index contributed by atoms with van der Waals surface area (Å²) in [5, 5.41) is 3.86. The largest absolute Gasteiger partial charge is 0.465 e. The number of ether oxygens (including phenoxy) is 1. The second-order valence-corrected chi connectivity index (χ2v) is 7.87. The van der Waals surface area contributed by atoms with E-state index in [-0.39, 0.29) is 17.4 Å². The molecule has 130 valence electrons. The number of hydrogen-bond donors (Lipinski definition) is 0. The van der Waals surface area contributed by atoms with Gasteiger partial charge in [0, 0.05) is 33.2 Å². The topological polar surface area (TPSA) is 78.3 Å². The van der Waals surface area contributed by atoms with Gasteiger partial charge in [-0.1, -0.05) is 51.4 Å². The Labute approximate surface area is 158 Å². The van der Waals surface area contributed by atoms with Gasteiger partial charge in [-0.15, -0.1) is 0 Å². The zero-order valence-electron chi connectivity index (χ0n) is 14.0. The normalized spacial score (nSPS) is 30.6. The van der Waals surface area contributed by atoms with Gasteiger partial charge in [-0.2, -0.15) is 0 Å². The highest BCUT2D eigenvalue weighted by molar-refractivity contribution is 9.10. The van der Waals surface area contributed by atoms with Crippen molar-refractivity contribution in [2.75, 3.05) is 18.6 Å². The lowest BCUT2D eigenvalue weighted by molar-refractivity contribution is -0.151. The van der Waals surface area contributed by atoms with Crippen molar-refractivity contribution in [2.24, 2.45) is 5.11 Å². The van der Waals surface area contributed by atoms with E-state index in [1.165, 1.54) is 0 Å². The van der Waals surface area contributed by atoms with Gasteiger partial charge in [0.15, 0.2) is 0 Å². The van der Waals surface area contributed by atoms with Gasteiger partial charge >= 0.3 is 5.97 Å². The molecule has 26 heavy (non-hydrogen) atoms. The Bertz CT molecular complexity index is 1020. The summed E-state index contributed by atoms with van der Waals surface area (Å²) in [7, 11) is 2.02. The summed E-state index contributed by atoms with van der Waals surface area (Å²) in [5.41, 5.74) is 11.3. The standard InChI is InChI=1S/C19H15BrN4O2/c1-24-14-8-4-6-12(20)15(14)18-9-10-26-17(25)19(18,16(18)24)11-5-2-3-7-13(11)22-23-21/h2-8,16H,9-10H2,1H3/t16?,18-,19?/m0/s1. The van der Waals surface area contributed by atoms with E-state index < -0.39 is 5.41 Å². The number of hydrogen-bond acceptors (Lipinski definition) is 4. The SMILES string of the molecule is CN1c2cccc(Br)c2[C@]23CCOC(=O)C2(c2ccccc2N=[N+]=[N-])C13. The van der Waals surface area contributed by atoms with E-state index in [2.05, 4.69) is 36.9 Å². The van der Waals surface area contributed by atoms with E-state index in [1.807, 2.05) is 37.4 Å². The van der Waals surface area contributed by atoms with E-state index in [0.717, 1.165) is 27.7 Å². The van der Waals surface area contributed by atoms with Crippen molar-refractivity contribution in [3.63, 3.8) is 0 Å². The van der Waals surface area contributed by atoms with Crippen molar-refractivity contribution in [2.45, 2.75) is 23.3 Å². The van der Waals surface area contributed by atoms with Crippen LogP contribution in [0.2, 0.25) is 0 Å². The minimum absolute atomic E-state index is 0.0475. The number of esters is 1. The summed E-state index contributed by atoms with van der Waals surface area (Å²) in [4.78, 5) is 18.3. The summed E-state index contributed by atoms with van der Waals surface area (Å²) in [6.07, 6.45) is 0.744. The first-order valence-corrected chi connectivity index (χ1v) is 9.23. The van der Waals surface area contributed by atoms with Crippen molar-refractivity contribution in [3.05, 3.63) is 68.5 Å². The van der Waals surface area contributed by atoms with Gasteiger partial charge < -0.3 is 9.64 Å². The molecule has 2 unspecified atom stereocenters. The molecule has 2 fully saturated rings. The van der Waals surface area contributed by atoms with Gasteiger partial charge in [-0.25, -0.2) is 0 Å². The number of halogens is 1. The van der Waals surface area contributed by atoms with E-state index >= 15 is 0 Å². The van der Waals surface area contributed by atoms with Crippen LogP contribution in [0.4, 0.5) is 11.4 Å². The van der Waals surface area contributed by atoms with Crippen LogP contribution in [0.3, 0.4) is 0 Å². The van der Waals surface area contributed by atoms with E-state index in [0.29, 0.717) is 12.3 Å². The fraction of sp³-hybridized carbons (Fsp3) is 0.316. The van der Waals surface area contributed by atoms with Gasteiger partial charge in [-0.05, 0) is 35.2 Å². The van der Waals surface area contributed by atoms with Crippen LogP contribution >= 0.6 is 15.9 Å². The number of carbonyl (C=O) groups excluding carboxylic acids is 1. The van der Waals surface area contributed by atoms with Crippen LogP contribution in [0.5, 0.6) is 0 Å². The third kappa shape index (κ3) is 1.50. The number of rotatable bonds is 2. The molecule has 0 bridgehead atoms. The van der Waals surface area contributed by atoms with Crippen LogP contribution in [-0.4, -0.2) is 25.7 Å². The number of benzene rings is 2. The lowest BCUT2D eigenvalue weighted by Gasteiger charge is -2.33. The molecule has 1 aliphatic carbocycles. The molecule has 3 aliphatic rings. The molecule has 2 aromatic carbocycles. The Morgan fingerprint density at radius 1 is 1.31 bits per heavy atom. The van der Waals surface area contributed by atoms with Crippen molar-refractivity contribution in [1.82, 2.24) is 0 Å². The first-order valence-electron chi connectivity index (χ1n) is 8.44. The average Bonchev–Trinajstić information content (AvgIpc) is 3.19. The van der Waals surface area contributed by atoms with E-state index in [9.17, 15) is 4.79 Å². The minimum Gasteiger partial charge on any atom is -0.465 e. The van der Waals surface area contributed by atoms with Crippen LogP contribution in [0, 0.1) is 0 Å². The van der Waals surface area contributed by atoms with Gasteiger partial charge in [0.1, 0.15) is 5.41 Å². The first-order chi connectivity index (χ1) is 12.6. The molecule has 1 saturated heterocycles. The number of cyclic esters (lactones) is 1. The molecular formula is C19H15BrN4O2. The Balaban J connectivity index is 1.84. The summed E-state index contributed by atoms with van der Waals surface area (Å²) in [5.74, 6) is -0.234. The number of fused-ring (bicyclic) bond motifs is 2. The molecule has 1 spiro atoms. The van der Waals surface area contributed by atoms with Crippen LogP contribution in [0.1, 0.15) is 17.5 Å². The Kier molecular flexibility index (Phi) is 3.04. The van der Waals surface area contributed by atoms with Crippen LogP contribution < -0.4 is 4.90 Å². The van der Waals surface area contributed by atoms with Crippen LogP contribution in [-0.2, 0) is 20.4 Å². The number of carbonyl (C=O) groups is 1. The maximum atomic E-state index is 13.2. The quantitative estimate of drug-likeness (QED) is 0.319. The molecular weight excluding hydrogens is 396 g/mol. The molecule has 7 heteroatoms. The number of nitrogens with zero attached hydrogens (tertiary/aromatic N) is 4. The van der Waals surface area contributed by atoms with Gasteiger partial charge in [0.2, 0.25) is 0 Å². The van der Waals surface area contributed by atoms with Crippen molar-refractivity contribution < 1.29 is 9.53 Å². The summed E-state index contributed by atoms with van der Waals surface area (Å²) < 4.78 is 6.54. The minimum atomic E-state index is -0.846. The monoisotopic (exact) mass is 410 g/mol. The molecule has 3 atom stereocenters. The predicted molar refractivity (Wildman–Crippen MR) is 101 cm³/mol. The van der Waals surface area contributed by atoms with Crippen LogP contribution in [0.25, 0.3) is 10.4 Å². The molecule has 0 radical (unpaired) electrons. The fourth-order valence-electron chi connectivity index (χ4n) is 5.47. The summed E-state index contributed by atoms with van der Waals surface area (Å²) >= 11 is 3.70. The summed E-state index contributed by atoms with van der Waals surface area (Å²) in [6, 6.07) is 13.4. The second-order valence-electron chi connectivity index (χ2n) is 7.02. The van der Waals surface area contributed by atoms with E-state index in [1.54, 1.807) is 6.07 Å². The molecule has 2 aliphatic heterocycles. The number of azide groups is 1. The smallest absolute Gasteiger partial charge is 0.319 e. The Morgan fingerprint density at radius 2 is 2.12 bits per heavy atom. The van der Waals surface area contributed by atoms with Gasteiger partial charge in [-0.3, -0.25) is 4.79 Å². The van der Waals surface area contributed by atoms with Gasteiger partial charge in [0.05, 0.1) is 12.6 Å². The highest BCUT2D eigenvalue weighted by Crippen LogP contribution is 2.77. The third-order valence-corrected chi connectivity index (χ3v) is 6.90. The first kappa shape index (κ1) is 15.7.